The molecule has 5 nitrogen and oxygen atoms in total. The van der Waals surface area contributed by atoms with Crippen molar-refractivity contribution in [3.63, 3.8) is 0 Å². The number of aromatic nitrogens is 3. The number of hydrogen-bond acceptors (Lipinski definition) is 6. The Hall–Kier alpha value is -6.37. The molecule has 1 aliphatic carbocycles. The summed E-state index contributed by atoms with van der Waals surface area (Å²) in [6, 6.07) is 49.3. The standard InChI is InChI=1S/C39H40N.C24H23N2S.C13H24O2.Ir/c1-38(2,3)36-25-34(24-33-8-6-7-9-35(33)36)37-26-32(20-23-40-37)30-16-14-28(15-17-30)27-10-12-29(13-11-27)31-18-21-39(4,5)22-19-31;1-13-7-14(2)11-19(10-13)22-24-21(25-12-26-22)18(6)23(27-24)20-16(4)8-15(3)9-17(20)5;1-5-10(6-2)12(14)9-13(15)11(7-3)8-4;/h6-17,20,23,25-26,31H,18-19,21-22H2,1-5H3;7-10,12H,1-6H3;9-11,14H,5-8H2,1-4H3;/q2*-1;;/b;;12-9-;. The van der Waals surface area contributed by atoms with E-state index in [0.29, 0.717) is 11.3 Å². The second-order valence-corrected chi connectivity index (χ2v) is 26.0. The van der Waals surface area contributed by atoms with E-state index in [1.807, 2.05) is 33.9 Å². The summed E-state index contributed by atoms with van der Waals surface area (Å²) in [5.41, 5.74) is 22.2. The molecule has 1 radical (unpaired) electrons. The number of aryl methyl sites for hydroxylation is 6. The van der Waals surface area contributed by atoms with Gasteiger partial charge in [-0.25, -0.2) is 4.98 Å². The number of ketones is 1. The van der Waals surface area contributed by atoms with Crippen molar-refractivity contribution >= 4 is 38.1 Å². The smallest absolute Gasteiger partial charge is 0.162 e. The number of aliphatic hydroxyl groups excluding tert-OH is 1. The van der Waals surface area contributed by atoms with Gasteiger partial charge < -0.3 is 5.11 Å². The van der Waals surface area contributed by atoms with Crippen molar-refractivity contribution in [2.45, 2.75) is 167 Å². The van der Waals surface area contributed by atoms with Crippen LogP contribution in [-0.4, -0.2) is 25.8 Å². The van der Waals surface area contributed by atoms with E-state index in [0.717, 1.165) is 69.4 Å². The summed E-state index contributed by atoms with van der Waals surface area (Å²) in [5.74, 6) is 1.26. The van der Waals surface area contributed by atoms with Gasteiger partial charge in [0.15, 0.2) is 5.78 Å². The largest absolute Gasteiger partial charge is 0.512 e. The molecule has 0 saturated heterocycles. The molecule has 6 aromatic carbocycles. The Bertz CT molecular complexity index is 3650. The van der Waals surface area contributed by atoms with Gasteiger partial charge >= 0.3 is 0 Å². The fourth-order valence-electron chi connectivity index (χ4n) is 12.1. The van der Waals surface area contributed by atoms with Crippen LogP contribution in [-0.2, 0) is 30.3 Å². The number of rotatable bonds is 13. The third-order valence-corrected chi connectivity index (χ3v) is 18.3. The minimum absolute atomic E-state index is 0. The molecule has 1 fully saturated rings. The van der Waals surface area contributed by atoms with Crippen LogP contribution in [0.15, 0.2) is 140 Å². The van der Waals surface area contributed by atoms with Crippen LogP contribution in [0.2, 0.25) is 0 Å². The molecule has 7 heteroatoms. The normalized spacial score (nSPS) is 13.6. The van der Waals surface area contributed by atoms with Gasteiger partial charge in [-0.3, -0.25) is 14.8 Å². The fraction of sp³-hybridized carbons (Fsp3) is 0.368. The molecule has 3 heterocycles. The zero-order chi connectivity index (χ0) is 59.0. The minimum Gasteiger partial charge on any atom is -0.512 e. The number of benzene rings is 6. The Morgan fingerprint density at radius 3 is 1.86 bits per heavy atom. The number of nitrogens with zero attached hydrogens (tertiary/aromatic N) is 3. The maximum Gasteiger partial charge on any atom is 0.162 e. The van der Waals surface area contributed by atoms with Gasteiger partial charge in [0.25, 0.3) is 0 Å². The number of fused-ring (bicyclic) bond motifs is 2. The fourth-order valence-corrected chi connectivity index (χ4v) is 13.5. The first-order valence-electron chi connectivity index (χ1n) is 30.0. The zero-order valence-corrected chi connectivity index (χ0v) is 55.2. The molecule has 0 spiro atoms. The maximum absolute atomic E-state index is 11.7. The number of allylic oxidation sites excluding steroid dienone is 2. The molecule has 0 unspecified atom stereocenters. The number of pyridine rings is 1. The van der Waals surface area contributed by atoms with Crippen LogP contribution in [0.4, 0.5) is 0 Å². The van der Waals surface area contributed by atoms with Crippen molar-refractivity contribution in [2.24, 2.45) is 17.3 Å². The summed E-state index contributed by atoms with van der Waals surface area (Å²) in [6.45, 7) is 32.6. The third kappa shape index (κ3) is 15.5. The van der Waals surface area contributed by atoms with Crippen LogP contribution in [0.25, 0.3) is 76.2 Å². The molecule has 1 aliphatic rings. The Labute approximate surface area is 515 Å². The first-order valence-corrected chi connectivity index (χ1v) is 30.8. The Morgan fingerprint density at radius 2 is 1.27 bits per heavy atom. The number of thiophene rings is 1. The molecule has 0 aliphatic heterocycles. The van der Waals surface area contributed by atoms with Gasteiger partial charge in [0.2, 0.25) is 0 Å². The van der Waals surface area contributed by atoms with Crippen molar-refractivity contribution in [3.05, 3.63) is 196 Å². The molecular formula is C76H87IrN3O2S-2. The van der Waals surface area contributed by atoms with E-state index in [2.05, 4.69) is 214 Å². The van der Waals surface area contributed by atoms with E-state index in [1.54, 1.807) is 17.7 Å². The summed E-state index contributed by atoms with van der Waals surface area (Å²) in [4.78, 5) is 27.0. The molecule has 10 rings (SSSR count). The van der Waals surface area contributed by atoms with Crippen LogP contribution in [0, 0.1) is 70.9 Å². The van der Waals surface area contributed by atoms with Crippen molar-refractivity contribution in [2.75, 3.05) is 0 Å². The van der Waals surface area contributed by atoms with Crippen molar-refractivity contribution in [1.29, 1.82) is 0 Å². The molecule has 0 bridgehead atoms. The summed E-state index contributed by atoms with van der Waals surface area (Å²) in [7, 11) is 0. The van der Waals surface area contributed by atoms with Crippen LogP contribution >= 0.6 is 11.3 Å². The molecule has 9 aromatic rings. The quantitative estimate of drug-likeness (QED) is 0.0707. The molecule has 83 heavy (non-hydrogen) atoms. The maximum atomic E-state index is 11.7. The molecule has 435 valence electrons. The molecule has 0 atom stereocenters. The van der Waals surface area contributed by atoms with Gasteiger partial charge in [-0.05, 0) is 152 Å². The molecule has 0 amide bonds. The summed E-state index contributed by atoms with van der Waals surface area (Å²) in [6.07, 6.45) is 13.8. The Kier molecular flexibility index (Phi) is 21.7. The van der Waals surface area contributed by atoms with Gasteiger partial charge in [0, 0.05) is 65.2 Å². The van der Waals surface area contributed by atoms with E-state index < -0.39 is 0 Å². The van der Waals surface area contributed by atoms with E-state index in [1.165, 1.54) is 109 Å². The topological polar surface area (TPSA) is 76.0 Å². The second-order valence-electron chi connectivity index (χ2n) is 24.9. The first kappa shape index (κ1) is 64.2. The van der Waals surface area contributed by atoms with Gasteiger partial charge in [-0.1, -0.05) is 178 Å². The predicted octanol–water partition coefficient (Wildman–Crippen LogP) is 21.6. The molecule has 3 aromatic heterocycles. The Morgan fingerprint density at radius 1 is 0.687 bits per heavy atom. The summed E-state index contributed by atoms with van der Waals surface area (Å²) >= 11 is 1.80. The summed E-state index contributed by atoms with van der Waals surface area (Å²) < 4.78 is 1.14. The number of hydrogen-bond donors (Lipinski definition) is 1. The number of carbonyl (C=O) groups is 1. The molecule has 1 N–H and O–H groups in total. The number of aliphatic hydroxyl groups is 1. The van der Waals surface area contributed by atoms with Gasteiger partial charge in [-0.2, -0.15) is 0 Å². The minimum atomic E-state index is 0. The number of carbonyl (C=O) groups excluding carboxylic acids is 1. The van der Waals surface area contributed by atoms with E-state index in [9.17, 15) is 9.90 Å². The van der Waals surface area contributed by atoms with Crippen LogP contribution in [0.1, 0.15) is 164 Å². The monoisotopic (exact) mass is 1300 g/mol. The van der Waals surface area contributed by atoms with Crippen molar-refractivity contribution in [1.82, 2.24) is 15.0 Å². The first-order chi connectivity index (χ1) is 39.1. The van der Waals surface area contributed by atoms with Gasteiger partial charge in [0.05, 0.1) is 11.3 Å². The Balaban J connectivity index is 0.000000199. The second kappa shape index (κ2) is 28.0. The van der Waals surface area contributed by atoms with Crippen molar-refractivity contribution in [3.8, 4) is 55.2 Å². The predicted molar refractivity (Wildman–Crippen MR) is 350 cm³/mol. The van der Waals surface area contributed by atoms with Gasteiger partial charge in [-0.15, -0.1) is 75.4 Å². The average Bonchev–Trinajstić information content (AvgIpc) is 3.12. The average molecular weight is 1300 g/mol. The molecule has 1 saturated carbocycles. The van der Waals surface area contributed by atoms with Gasteiger partial charge in [0.1, 0.15) is 6.33 Å². The molecular weight excluding hydrogens is 1210 g/mol. The third-order valence-electron chi connectivity index (χ3n) is 17.0. The summed E-state index contributed by atoms with van der Waals surface area (Å²) in [5, 5.41) is 12.2. The van der Waals surface area contributed by atoms with Crippen LogP contribution < -0.4 is 0 Å². The van der Waals surface area contributed by atoms with E-state index in [4.69, 9.17) is 4.98 Å². The SMILES string of the molecule is CC1(C)CCC(c2ccc(-c3ccc(-c4ccnc(-c5[c-]c6ccccc6c(C(C)(C)C)c5)c4)cc3)cc2)CC1.CCC(CC)C(=O)/C=C(\O)C(CC)CC.Cc1[c-]c(-c2ncnc3c(C)c(-c4c(C)cc(C)cc4C)sc23)cc(C)c1.[Ir]. The van der Waals surface area contributed by atoms with Crippen molar-refractivity contribution < 1.29 is 30.0 Å². The zero-order valence-electron chi connectivity index (χ0n) is 52.0. The van der Waals surface area contributed by atoms with Crippen LogP contribution in [0.5, 0.6) is 0 Å². The van der Waals surface area contributed by atoms with E-state index >= 15 is 0 Å². The van der Waals surface area contributed by atoms with Crippen LogP contribution in [0.3, 0.4) is 0 Å². The van der Waals surface area contributed by atoms with E-state index in [-0.39, 0.29) is 48.9 Å².